The minimum atomic E-state index is -0.840. The van der Waals surface area contributed by atoms with Crippen LogP contribution in [0.2, 0.25) is 5.02 Å². The molecule has 0 fully saturated rings. The van der Waals surface area contributed by atoms with Crippen molar-refractivity contribution in [2.75, 3.05) is 13.6 Å². The molecule has 0 N–H and O–H groups in total. The van der Waals surface area contributed by atoms with Gasteiger partial charge in [0.05, 0.1) is 17.0 Å². The van der Waals surface area contributed by atoms with Gasteiger partial charge < -0.3 is 4.90 Å². The molecule has 0 amide bonds. The standard InChI is InChI=1S/C18H19ClF2N2/c1-4-23(3)11-22-18-7-12(2)14(10-15(18)19)8-13-5-6-16(20)17(21)9-13/h5-7,9-11H,4,8H2,1-3H3. The SMILES string of the molecule is CCN(C)C=Nc1cc(C)c(Cc2ccc(F)c(F)c2)cc1Cl. The molecule has 0 saturated carbocycles. The van der Waals surface area contributed by atoms with Crippen LogP contribution in [0, 0.1) is 18.6 Å². The summed E-state index contributed by atoms with van der Waals surface area (Å²) in [7, 11) is 1.93. The minimum Gasteiger partial charge on any atom is -0.366 e. The lowest BCUT2D eigenvalue weighted by molar-refractivity contribution is 0.507. The summed E-state index contributed by atoms with van der Waals surface area (Å²) in [5.41, 5.74) is 3.36. The molecule has 0 bridgehead atoms. The Hall–Kier alpha value is -1.94. The van der Waals surface area contributed by atoms with Crippen molar-refractivity contribution < 1.29 is 8.78 Å². The van der Waals surface area contributed by atoms with Crippen LogP contribution in [0.3, 0.4) is 0 Å². The van der Waals surface area contributed by atoms with Crippen LogP contribution in [-0.4, -0.2) is 24.8 Å². The van der Waals surface area contributed by atoms with Crippen LogP contribution >= 0.6 is 11.6 Å². The summed E-state index contributed by atoms with van der Waals surface area (Å²) in [6.45, 7) is 4.84. The van der Waals surface area contributed by atoms with E-state index < -0.39 is 11.6 Å². The molecule has 2 aromatic rings. The Kier molecular flexibility index (Phi) is 5.72. The molecule has 5 heteroatoms. The highest BCUT2D eigenvalue weighted by atomic mass is 35.5. The molecule has 0 radical (unpaired) electrons. The van der Waals surface area contributed by atoms with E-state index in [9.17, 15) is 8.78 Å². The average molecular weight is 337 g/mol. The zero-order valence-corrected chi connectivity index (χ0v) is 14.2. The average Bonchev–Trinajstić information content (AvgIpc) is 2.52. The number of hydrogen-bond acceptors (Lipinski definition) is 1. The van der Waals surface area contributed by atoms with Gasteiger partial charge in [0.1, 0.15) is 0 Å². The summed E-state index contributed by atoms with van der Waals surface area (Å²) < 4.78 is 26.3. The zero-order valence-electron chi connectivity index (χ0n) is 13.4. The molecule has 0 atom stereocenters. The topological polar surface area (TPSA) is 15.6 Å². The van der Waals surface area contributed by atoms with Crippen molar-refractivity contribution in [3.05, 3.63) is 63.7 Å². The fourth-order valence-electron chi connectivity index (χ4n) is 2.11. The minimum absolute atomic E-state index is 0.488. The predicted octanol–water partition coefficient (Wildman–Crippen LogP) is 5.13. The number of nitrogens with zero attached hydrogens (tertiary/aromatic N) is 2. The molecule has 0 unspecified atom stereocenters. The Morgan fingerprint density at radius 2 is 1.91 bits per heavy atom. The molecule has 2 nitrogen and oxygen atoms in total. The lowest BCUT2D eigenvalue weighted by atomic mass is 10.00. The highest BCUT2D eigenvalue weighted by Crippen LogP contribution is 2.29. The second-order valence-electron chi connectivity index (χ2n) is 5.47. The number of benzene rings is 2. The molecule has 122 valence electrons. The van der Waals surface area contributed by atoms with E-state index in [1.54, 1.807) is 12.4 Å². The maximum atomic E-state index is 13.3. The van der Waals surface area contributed by atoms with Crippen molar-refractivity contribution in [3.8, 4) is 0 Å². The Bertz CT molecular complexity index is 729. The van der Waals surface area contributed by atoms with Crippen LogP contribution in [0.5, 0.6) is 0 Å². The number of rotatable bonds is 5. The van der Waals surface area contributed by atoms with Crippen molar-refractivity contribution >= 4 is 23.6 Å². The predicted molar refractivity (Wildman–Crippen MR) is 91.8 cm³/mol. The Labute approximate surface area is 140 Å². The molecular weight excluding hydrogens is 318 g/mol. The van der Waals surface area contributed by atoms with E-state index in [1.807, 2.05) is 37.9 Å². The van der Waals surface area contributed by atoms with E-state index in [1.165, 1.54) is 6.07 Å². The van der Waals surface area contributed by atoms with Crippen molar-refractivity contribution in [3.63, 3.8) is 0 Å². The molecule has 2 aromatic carbocycles. The number of hydrogen-bond donors (Lipinski definition) is 0. The first-order valence-electron chi connectivity index (χ1n) is 7.38. The van der Waals surface area contributed by atoms with Crippen LogP contribution in [0.25, 0.3) is 0 Å². The molecule has 0 aromatic heterocycles. The molecule has 2 rings (SSSR count). The Morgan fingerprint density at radius 1 is 1.17 bits per heavy atom. The number of aryl methyl sites for hydroxylation is 1. The number of aliphatic imine (C=N–C) groups is 1. The van der Waals surface area contributed by atoms with Gasteiger partial charge >= 0.3 is 0 Å². The summed E-state index contributed by atoms with van der Waals surface area (Å²) >= 11 is 6.28. The van der Waals surface area contributed by atoms with E-state index in [2.05, 4.69) is 4.99 Å². The van der Waals surface area contributed by atoms with Crippen molar-refractivity contribution in [1.29, 1.82) is 0 Å². The summed E-state index contributed by atoms with van der Waals surface area (Å²) in [6, 6.07) is 7.66. The maximum absolute atomic E-state index is 13.3. The lowest BCUT2D eigenvalue weighted by Gasteiger charge is -2.11. The fourth-order valence-corrected chi connectivity index (χ4v) is 2.34. The van der Waals surface area contributed by atoms with E-state index in [0.29, 0.717) is 22.7 Å². The van der Waals surface area contributed by atoms with Gasteiger partial charge in [0.2, 0.25) is 0 Å². The molecule has 0 aliphatic carbocycles. The van der Waals surface area contributed by atoms with Gasteiger partial charge in [-0.2, -0.15) is 0 Å². The van der Waals surface area contributed by atoms with E-state index in [0.717, 1.165) is 23.7 Å². The lowest BCUT2D eigenvalue weighted by Crippen LogP contribution is -2.14. The summed E-state index contributed by atoms with van der Waals surface area (Å²) in [5.74, 6) is -1.68. The second-order valence-corrected chi connectivity index (χ2v) is 5.88. The zero-order chi connectivity index (χ0) is 17.0. The largest absolute Gasteiger partial charge is 0.366 e. The molecule has 0 aliphatic rings. The first kappa shape index (κ1) is 17.4. The Balaban J connectivity index is 2.25. The monoisotopic (exact) mass is 336 g/mol. The fraction of sp³-hybridized carbons (Fsp3) is 0.278. The van der Waals surface area contributed by atoms with Gasteiger partial charge in [0.15, 0.2) is 11.6 Å². The van der Waals surface area contributed by atoms with Gasteiger partial charge in [-0.15, -0.1) is 0 Å². The third-order valence-corrected chi connectivity index (χ3v) is 3.98. The molecule has 0 heterocycles. The highest BCUT2D eigenvalue weighted by Gasteiger charge is 2.08. The van der Waals surface area contributed by atoms with E-state index in [-0.39, 0.29) is 0 Å². The second kappa shape index (κ2) is 7.55. The van der Waals surface area contributed by atoms with E-state index in [4.69, 9.17) is 11.6 Å². The van der Waals surface area contributed by atoms with Gasteiger partial charge in [-0.1, -0.05) is 17.7 Å². The molecular formula is C18H19ClF2N2. The van der Waals surface area contributed by atoms with Crippen molar-refractivity contribution in [1.82, 2.24) is 4.90 Å². The summed E-state index contributed by atoms with van der Waals surface area (Å²) in [5, 5.41) is 0.536. The molecule has 0 saturated heterocycles. The van der Waals surface area contributed by atoms with Crippen LogP contribution in [0.15, 0.2) is 35.3 Å². The smallest absolute Gasteiger partial charge is 0.159 e. The van der Waals surface area contributed by atoms with Gasteiger partial charge in [-0.25, -0.2) is 13.8 Å². The molecule has 23 heavy (non-hydrogen) atoms. The summed E-state index contributed by atoms with van der Waals surface area (Å²) in [6.07, 6.45) is 2.22. The maximum Gasteiger partial charge on any atom is 0.159 e. The van der Waals surface area contributed by atoms with Crippen molar-refractivity contribution in [2.24, 2.45) is 4.99 Å². The van der Waals surface area contributed by atoms with Gasteiger partial charge in [0.25, 0.3) is 0 Å². The van der Waals surface area contributed by atoms with Crippen molar-refractivity contribution in [2.45, 2.75) is 20.3 Å². The van der Waals surface area contributed by atoms with Gasteiger partial charge in [-0.05, 0) is 61.2 Å². The van der Waals surface area contributed by atoms with Crippen LogP contribution in [0.1, 0.15) is 23.6 Å². The third kappa shape index (κ3) is 4.52. The Morgan fingerprint density at radius 3 is 2.57 bits per heavy atom. The van der Waals surface area contributed by atoms with Gasteiger partial charge in [0, 0.05) is 13.6 Å². The third-order valence-electron chi connectivity index (χ3n) is 3.68. The first-order chi connectivity index (χ1) is 10.9. The van der Waals surface area contributed by atoms with Crippen LogP contribution in [0.4, 0.5) is 14.5 Å². The first-order valence-corrected chi connectivity index (χ1v) is 7.76. The van der Waals surface area contributed by atoms with Crippen LogP contribution in [-0.2, 0) is 6.42 Å². The quantitative estimate of drug-likeness (QED) is 0.546. The molecule has 0 spiro atoms. The molecule has 0 aliphatic heterocycles. The normalized spacial score (nSPS) is 11.2. The summed E-state index contributed by atoms with van der Waals surface area (Å²) in [4.78, 5) is 6.32. The van der Waals surface area contributed by atoms with Gasteiger partial charge in [-0.3, -0.25) is 0 Å². The van der Waals surface area contributed by atoms with E-state index >= 15 is 0 Å². The highest BCUT2D eigenvalue weighted by molar-refractivity contribution is 6.33. The number of halogens is 3. The van der Waals surface area contributed by atoms with Crippen LogP contribution < -0.4 is 0 Å².